The summed E-state index contributed by atoms with van der Waals surface area (Å²) < 4.78 is 6.93. The van der Waals surface area contributed by atoms with Crippen LogP contribution in [0.3, 0.4) is 0 Å². The van der Waals surface area contributed by atoms with E-state index >= 15 is 0 Å². The fourth-order valence-corrected chi connectivity index (χ4v) is 15.3. The summed E-state index contributed by atoms with van der Waals surface area (Å²) in [4.78, 5) is 11.8. The van der Waals surface area contributed by atoms with Crippen molar-refractivity contribution < 1.29 is 14.3 Å². The van der Waals surface area contributed by atoms with Crippen molar-refractivity contribution >= 4 is 14.3 Å². The predicted molar refractivity (Wildman–Crippen MR) is 129 cm³/mol. The number of rotatable bonds is 7. The molecule has 6 atom stereocenters. The van der Waals surface area contributed by atoms with E-state index in [9.17, 15) is 9.90 Å². The normalized spacial score (nSPS) is 35.4. The average Bonchev–Trinajstić information content (AvgIpc) is 2.60. The van der Waals surface area contributed by atoms with Crippen molar-refractivity contribution in [1.82, 2.24) is 0 Å². The fourth-order valence-electron chi connectivity index (χ4n) is 7.39. The second-order valence-corrected chi connectivity index (χ2v) is 17.4. The number of aliphatic carboxylic acids is 1. The van der Waals surface area contributed by atoms with Gasteiger partial charge >= 0.3 is 5.97 Å². The van der Waals surface area contributed by atoms with Gasteiger partial charge in [0.25, 0.3) is 0 Å². The number of hydrogen-bond acceptors (Lipinski definition) is 2. The van der Waals surface area contributed by atoms with Crippen LogP contribution in [0.5, 0.6) is 0 Å². The molecule has 0 amide bonds. The molecule has 0 bridgehead atoms. The molecule has 0 spiro atoms. The van der Waals surface area contributed by atoms with Gasteiger partial charge in [-0.15, -0.1) is 0 Å². The van der Waals surface area contributed by atoms with E-state index in [4.69, 9.17) is 4.43 Å². The third-order valence-electron chi connectivity index (χ3n) is 8.75. The molecule has 2 aliphatic carbocycles. The molecular formula is C26H50O3Si. The van der Waals surface area contributed by atoms with Crippen LogP contribution >= 0.6 is 0 Å². The van der Waals surface area contributed by atoms with Gasteiger partial charge in [-0.05, 0) is 77.3 Å². The molecule has 0 radical (unpaired) electrons. The Morgan fingerprint density at radius 1 is 0.900 bits per heavy atom. The third kappa shape index (κ3) is 5.34. The van der Waals surface area contributed by atoms with Gasteiger partial charge in [0, 0.05) is 0 Å². The van der Waals surface area contributed by atoms with Crippen molar-refractivity contribution in [2.24, 2.45) is 35.5 Å². The van der Waals surface area contributed by atoms with Gasteiger partial charge in [-0.25, -0.2) is 4.79 Å². The highest BCUT2D eigenvalue weighted by Gasteiger charge is 2.62. The predicted octanol–water partition coefficient (Wildman–Crippen LogP) is 7.76. The van der Waals surface area contributed by atoms with Gasteiger partial charge in [-0.1, -0.05) is 75.2 Å². The molecule has 0 aromatic rings. The van der Waals surface area contributed by atoms with Crippen LogP contribution in [0.4, 0.5) is 0 Å². The second-order valence-electron chi connectivity index (χ2n) is 12.6. The number of carboxylic acids is 1. The monoisotopic (exact) mass is 438 g/mol. The average molecular weight is 439 g/mol. The van der Waals surface area contributed by atoms with Crippen LogP contribution in [0.25, 0.3) is 0 Å². The van der Waals surface area contributed by atoms with E-state index in [1.54, 1.807) is 0 Å². The molecular weight excluding hydrogens is 388 g/mol. The Hall–Kier alpha value is -0.353. The van der Waals surface area contributed by atoms with Crippen LogP contribution in [-0.4, -0.2) is 26.0 Å². The lowest BCUT2D eigenvalue weighted by atomic mass is 9.76. The lowest BCUT2D eigenvalue weighted by molar-refractivity contribution is -0.139. The zero-order valence-corrected chi connectivity index (χ0v) is 22.3. The lowest BCUT2D eigenvalue weighted by Crippen LogP contribution is -2.61. The van der Waals surface area contributed by atoms with E-state index < -0.39 is 14.3 Å². The Bertz CT molecular complexity index is 533. The Labute approximate surface area is 187 Å². The molecule has 0 aromatic carbocycles. The van der Waals surface area contributed by atoms with Crippen LogP contribution in [0.1, 0.15) is 101 Å². The number of carbonyl (C=O) groups is 1. The molecule has 0 aromatic heterocycles. The van der Waals surface area contributed by atoms with E-state index in [0.717, 1.165) is 0 Å². The van der Waals surface area contributed by atoms with Crippen molar-refractivity contribution in [2.45, 2.75) is 117 Å². The summed E-state index contributed by atoms with van der Waals surface area (Å²) in [5.74, 6) is 3.20. The summed E-state index contributed by atoms with van der Waals surface area (Å²) in [6.07, 6.45) is 7.62. The van der Waals surface area contributed by atoms with Crippen LogP contribution in [-0.2, 0) is 9.22 Å². The summed E-state index contributed by atoms with van der Waals surface area (Å²) in [5.41, 5.74) is 1.11. The number of carboxylic acid groups (broad SMARTS) is 1. The van der Waals surface area contributed by atoms with Crippen LogP contribution in [0.15, 0.2) is 0 Å². The topological polar surface area (TPSA) is 46.5 Å². The minimum Gasteiger partial charge on any atom is -0.480 e. The van der Waals surface area contributed by atoms with Crippen molar-refractivity contribution in [3.8, 4) is 0 Å². The zero-order valence-electron chi connectivity index (χ0n) is 21.3. The zero-order chi connectivity index (χ0) is 22.9. The van der Waals surface area contributed by atoms with Gasteiger partial charge in [0.15, 0.2) is 0 Å². The molecule has 176 valence electrons. The Morgan fingerprint density at radius 2 is 1.30 bits per heavy atom. The highest BCUT2D eigenvalue weighted by Crippen LogP contribution is 2.64. The highest BCUT2D eigenvalue weighted by atomic mass is 28.4. The van der Waals surface area contributed by atoms with E-state index in [1.807, 2.05) is 0 Å². The maximum Gasteiger partial charge on any atom is 0.328 e. The first-order valence-corrected chi connectivity index (χ1v) is 14.7. The molecule has 2 aliphatic rings. The first-order chi connectivity index (χ1) is 13.8. The molecule has 0 saturated heterocycles. The van der Waals surface area contributed by atoms with Gasteiger partial charge < -0.3 is 9.53 Å². The van der Waals surface area contributed by atoms with Crippen molar-refractivity contribution in [3.63, 3.8) is 0 Å². The maximum atomic E-state index is 11.8. The van der Waals surface area contributed by atoms with Crippen LogP contribution < -0.4 is 0 Å². The first kappa shape index (κ1) is 25.9. The molecule has 0 aliphatic heterocycles. The summed E-state index contributed by atoms with van der Waals surface area (Å²) in [5, 5.41) is 9.71. The van der Waals surface area contributed by atoms with E-state index in [1.165, 1.54) is 38.5 Å². The minimum absolute atomic E-state index is 0.0200. The van der Waals surface area contributed by atoms with E-state index in [0.29, 0.717) is 46.6 Å². The van der Waals surface area contributed by atoms with Crippen LogP contribution in [0.2, 0.25) is 16.1 Å². The van der Waals surface area contributed by atoms with Crippen molar-refractivity contribution in [3.05, 3.63) is 0 Å². The largest absolute Gasteiger partial charge is 0.480 e. The summed E-state index contributed by atoms with van der Waals surface area (Å²) >= 11 is 0. The molecule has 6 unspecified atom stereocenters. The van der Waals surface area contributed by atoms with Crippen LogP contribution in [0, 0.1) is 35.5 Å². The summed E-state index contributed by atoms with van der Waals surface area (Å²) in [7, 11) is -2.47. The first-order valence-electron chi connectivity index (χ1n) is 12.7. The standard InChI is InChI=1S/C26H50O3Si/c1-17(2)21-12-10-19(5)14-23(21)30(26(7,8)9,29-16-25(27)28)24-15-20(6)11-13-22(24)18(3)4/h17-24H,10-16H2,1-9H3,(H,27,28). The molecule has 1 N–H and O–H groups in total. The van der Waals surface area contributed by atoms with Gasteiger partial charge in [0.2, 0.25) is 8.32 Å². The minimum atomic E-state index is -2.47. The second kappa shape index (κ2) is 10.1. The third-order valence-corrected chi connectivity index (χ3v) is 15.3. The quantitative estimate of drug-likeness (QED) is 0.413. The molecule has 2 rings (SSSR count). The SMILES string of the molecule is CC1CCC(C(C)C)C([Si](OCC(=O)O)(C2CC(C)CCC2C(C)C)C(C)(C)C)C1. The Morgan fingerprint density at radius 3 is 1.60 bits per heavy atom. The van der Waals surface area contributed by atoms with E-state index in [2.05, 4.69) is 62.3 Å². The highest BCUT2D eigenvalue weighted by molar-refractivity contribution is 6.79. The smallest absolute Gasteiger partial charge is 0.328 e. The summed E-state index contributed by atoms with van der Waals surface area (Å²) in [6.45, 7) is 21.4. The molecule has 2 fully saturated rings. The molecule has 4 heteroatoms. The van der Waals surface area contributed by atoms with E-state index in [-0.39, 0.29) is 11.6 Å². The van der Waals surface area contributed by atoms with Gasteiger partial charge in [-0.2, -0.15) is 0 Å². The molecule has 0 heterocycles. The lowest BCUT2D eigenvalue weighted by Gasteiger charge is -2.59. The Kier molecular flexibility index (Phi) is 8.69. The van der Waals surface area contributed by atoms with Gasteiger partial charge in [0.1, 0.15) is 6.61 Å². The molecule has 30 heavy (non-hydrogen) atoms. The van der Waals surface area contributed by atoms with Crippen molar-refractivity contribution in [1.29, 1.82) is 0 Å². The molecule has 2 saturated carbocycles. The molecule has 3 nitrogen and oxygen atoms in total. The van der Waals surface area contributed by atoms with Gasteiger partial charge in [-0.3, -0.25) is 0 Å². The summed E-state index contributed by atoms with van der Waals surface area (Å²) in [6, 6.07) is 0. The number of hydrogen-bond donors (Lipinski definition) is 1. The Balaban J connectivity index is 2.68. The van der Waals surface area contributed by atoms with Gasteiger partial charge in [0.05, 0.1) is 0 Å². The van der Waals surface area contributed by atoms with Crippen molar-refractivity contribution in [2.75, 3.05) is 6.61 Å². The maximum absolute atomic E-state index is 11.8. The fraction of sp³-hybridized carbons (Fsp3) is 0.962.